The second-order valence-electron chi connectivity index (χ2n) is 4.39. The summed E-state index contributed by atoms with van der Waals surface area (Å²) < 4.78 is 0. The summed E-state index contributed by atoms with van der Waals surface area (Å²) in [6.45, 7) is 3.29. The molecule has 0 saturated heterocycles. The first-order valence-corrected chi connectivity index (χ1v) is 6.38. The zero-order valence-corrected chi connectivity index (χ0v) is 10.8. The maximum absolute atomic E-state index is 9.83. The molecule has 0 aromatic heterocycles. The van der Waals surface area contributed by atoms with Crippen LogP contribution in [0.15, 0.2) is 24.8 Å². The van der Waals surface area contributed by atoms with Gasteiger partial charge in [-0.2, -0.15) is 0 Å². The lowest BCUT2D eigenvalue weighted by Gasteiger charge is -2.45. The molecule has 3 N–H and O–H groups in total. The number of allylic oxidation sites excluding steroid dienone is 3. The van der Waals surface area contributed by atoms with E-state index in [-0.39, 0.29) is 11.4 Å². The lowest BCUT2D eigenvalue weighted by atomic mass is 9.68. The van der Waals surface area contributed by atoms with Gasteiger partial charge < -0.3 is 15.3 Å². The minimum Gasteiger partial charge on any atom is -0.394 e. The van der Waals surface area contributed by atoms with Crippen LogP contribution in [0.2, 0.25) is 0 Å². The first kappa shape index (κ1) is 13.9. The first-order chi connectivity index (χ1) is 7.51. The van der Waals surface area contributed by atoms with E-state index in [4.69, 9.17) is 5.11 Å². The molecule has 1 aliphatic carbocycles. The molecule has 3 nitrogen and oxygen atoms in total. The highest BCUT2D eigenvalue weighted by molar-refractivity contribution is 9.09. The monoisotopic (exact) mass is 290 g/mol. The molecule has 92 valence electrons. The molecule has 0 aromatic carbocycles. The van der Waals surface area contributed by atoms with Gasteiger partial charge in [-0.25, -0.2) is 0 Å². The van der Waals surface area contributed by atoms with Crippen molar-refractivity contribution in [3.63, 3.8) is 0 Å². The molecule has 0 spiro atoms. The molecule has 2 atom stereocenters. The molecular weight excluding hydrogens is 272 g/mol. The standard InChI is InChI=1S/C12H19BrO3/c1-2-10(13)5-3-4-9-6-12(16,7-9)11(15)8-14/h2-4,9-11,14-16H,1,5-8H2/b4-3+. The number of hydrogen-bond acceptors (Lipinski definition) is 3. The van der Waals surface area contributed by atoms with Crippen LogP contribution in [0, 0.1) is 5.92 Å². The fourth-order valence-electron chi connectivity index (χ4n) is 1.92. The van der Waals surface area contributed by atoms with Crippen LogP contribution >= 0.6 is 15.9 Å². The van der Waals surface area contributed by atoms with Crippen LogP contribution in [0.3, 0.4) is 0 Å². The first-order valence-electron chi connectivity index (χ1n) is 5.46. The largest absolute Gasteiger partial charge is 0.394 e. The Kier molecular flexibility index (Phi) is 5.18. The Balaban J connectivity index is 2.28. The lowest BCUT2D eigenvalue weighted by molar-refractivity contribution is -0.154. The zero-order valence-electron chi connectivity index (χ0n) is 9.22. The maximum atomic E-state index is 9.83. The SMILES string of the molecule is C=CC(Br)C/C=C/C1CC(O)(C(O)CO)C1. The van der Waals surface area contributed by atoms with Crippen molar-refractivity contribution in [1.82, 2.24) is 0 Å². The van der Waals surface area contributed by atoms with Crippen LogP contribution in [-0.2, 0) is 0 Å². The molecule has 1 rings (SSSR count). The van der Waals surface area contributed by atoms with Gasteiger partial charge in [-0.15, -0.1) is 6.58 Å². The highest BCUT2D eigenvalue weighted by Crippen LogP contribution is 2.41. The summed E-state index contributed by atoms with van der Waals surface area (Å²) >= 11 is 3.43. The molecule has 0 bridgehead atoms. The van der Waals surface area contributed by atoms with E-state index in [0.29, 0.717) is 18.8 Å². The zero-order chi connectivity index (χ0) is 12.2. The van der Waals surface area contributed by atoms with Crippen LogP contribution in [0.5, 0.6) is 0 Å². The lowest BCUT2D eigenvalue weighted by Crippen LogP contribution is -2.53. The van der Waals surface area contributed by atoms with E-state index in [9.17, 15) is 10.2 Å². The number of halogens is 1. The summed E-state index contributed by atoms with van der Waals surface area (Å²) in [7, 11) is 0. The summed E-state index contributed by atoms with van der Waals surface area (Å²) in [6, 6.07) is 0. The van der Waals surface area contributed by atoms with Gasteiger partial charge in [0, 0.05) is 4.83 Å². The molecule has 0 amide bonds. The third-order valence-electron chi connectivity index (χ3n) is 3.05. The number of aliphatic hydroxyl groups is 3. The predicted octanol–water partition coefficient (Wildman–Crippen LogP) is 1.38. The van der Waals surface area contributed by atoms with Crippen LogP contribution in [0.25, 0.3) is 0 Å². The summed E-state index contributed by atoms with van der Waals surface area (Å²) in [6.07, 6.45) is 6.83. The highest BCUT2D eigenvalue weighted by Gasteiger charge is 2.46. The Morgan fingerprint density at radius 2 is 2.12 bits per heavy atom. The number of alkyl halides is 1. The summed E-state index contributed by atoms with van der Waals surface area (Å²) in [5, 5.41) is 28.0. The van der Waals surface area contributed by atoms with Crippen molar-refractivity contribution in [3.8, 4) is 0 Å². The molecule has 0 aromatic rings. The summed E-state index contributed by atoms with van der Waals surface area (Å²) in [5.74, 6) is 0.302. The van der Waals surface area contributed by atoms with Gasteiger partial charge in [0.25, 0.3) is 0 Å². The molecular formula is C12H19BrO3. The van der Waals surface area contributed by atoms with Crippen molar-refractivity contribution in [2.45, 2.75) is 35.8 Å². The van der Waals surface area contributed by atoms with E-state index in [1.165, 1.54) is 0 Å². The number of hydrogen-bond donors (Lipinski definition) is 3. The van der Waals surface area contributed by atoms with E-state index in [0.717, 1.165) is 6.42 Å². The fourth-order valence-corrected chi connectivity index (χ4v) is 2.14. The molecule has 4 heteroatoms. The van der Waals surface area contributed by atoms with Gasteiger partial charge in [0.2, 0.25) is 0 Å². The molecule has 1 aliphatic rings. The number of aliphatic hydroxyl groups excluding tert-OH is 2. The van der Waals surface area contributed by atoms with Gasteiger partial charge in [0.05, 0.1) is 12.2 Å². The van der Waals surface area contributed by atoms with Crippen molar-refractivity contribution < 1.29 is 15.3 Å². The molecule has 2 unspecified atom stereocenters. The van der Waals surface area contributed by atoms with Gasteiger partial charge >= 0.3 is 0 Å². The Hall–Kier alpha value is -0.160. The quantitative estimate of drug-likeness (QED) is 0.512. The fraction of sp³-hybridized carbons (Fsp3) is 0.667. The van der Waals surface area contributed by atoms with Crippen LogP contribution in [-0.4, -0.2) is 38.5 Å². The maximum Gasteiger partial charge on any atom is 0.106 e. The van der Waals surface area contributed by atoms with Crippen LogP contribution < -0.4 is 0 Å². The second kappa shape index (κ2) is 5.96. The van der Waals surface area contributed by atoms with E-state index >= 15 is 0 Å². The third-order valence-corrected chi connectivity index (χ3v) is 3.80. The summed E-state index contributed by atoms with van der Waals surface area (Å²) in [4.78, 5) is 0.283. The van der Waals surface area contributed by atoms with Crippen molar-refractivity contribution in [3.05, 3.63) is 24.8 Å². The van der Waals surface area contributed by atoms with Crippen molar-refractivity contribution in [1.29, 1.82) is 0 Å². The van der Waals surface area contributed by atoms with Crippen LogP contribution in [0.4, 0.5) is 0 Å². The van der Waals surface area contributed by atoms with Gasteiger partial charge in [-0.3, -0.25) is 0 Å². The Morgan fingerprint density at radius 1 is 1.50 bits per heavy atom. The van der Waals surface area contributed by atoms with Gasteiger partial charge in [-0.1, -0.05) is 34.2 Å². The molecule has 0 aliphatic heterocycles. The van der Waals surface area contributed by atoms with E-state index in [1.54, 1.807) is 0 Å². The normalized spacial score (nSPS) is 33.4. The Bertz CT molecular complexity index is 259. The minimum atomic E-state index is -1.09. The van der Waals surface area contributed by atoms with Crippen LogP contribution in [0.1, 0.15) is 19.3 Å². The van der Waals surface area contributed by atoms with E-state index in [1.807, 2.05) is 6.08 Å². The van der Waals surface area contributed by atoms with E-state index in [2.05, 4.69) is 34.7 Å². The highest BCUT2D eigenvalue weighted by atomic mass is 79.9. The average molecular weight is 291 g/mol. The van der Waals surface area contributed by atoms with Gasteiger partial charge in [0.15, 0.2) is 0 Å². The summed E-state index contributed by atoms with van der Waals surface area (Å²) in [5.41, 5.74) is -1.09. The second-order valence-corrected chi connectivity index (χ2v) is 5.56. The Morgan fingerprint density at radius 3 is 2.62 bits per heavy atom. The van der Waals surface area contributed by atoms with Crippen molar-refractivity contribution >= 4 is 15.9 Å². The minimum absolute atomic E-state index is 0.283. The van der Waals surface area contributed by atoms with Crippen molar-refractivity contribution in [2.24, 2.45) is 5.92 Å². The molecule has 0 radical (unpaired) electrons. The van der Waals surface area contributed by atoms with Crippen molar-refractivity contribution in [2.75, 3.05) is 6.61 Å². The molecule has 1 fully saturated rings. The average Bonchev–Trinajstić information content (AvgIpc) is 2.24. The predicted molar refractivity (Wildman–Crippen MR) is 67.4 cm³/mol. The molecule has 1 saturated carbocycles. The van der Waals surface area contributed by atoms with Gasteiger partial charge in [0.1, 0.15) is 6.10 Å². The number of rotatable bonds is 6. The third kappa shape index (κ3) is 3.42. The van der Waals surface area contributed by atoms with Gasteiger partial charge in [-0.05, 0) is 25.2 Å². The Labute approximate surface area is 105 Å². The topological polar surface area (TPSA) is 60.7 Å². The molecule has 0 heterocycles. The molecule has 16 heavy (non-hydrogen) atoms. The van der Waals surface area contributed by atoms with E-state index < -0.39 is 11.7 Å². The smallest absolute Gasteiger partial charge is 0.106 e.